The van der Waals surface area contributed by atoms with Crippen molar-refractivity contribution in [2.75, 3.05) is 63.8 Å². The fraction of sp³-hybridized carbons (Fsp3) is 0.696. The Labute approximate surface area is 196 Å². The predicted octanol–water partition coefficient (Wildman–Crippen LogP) is 3.68. The highest BCUT2D eigenvalue weighted by Gasteiger charge is 2.26. The van der Waals surface area contributed by atoms with Gasteiger partial charge in [0.15, 0.2) is 0 Å². The number of anilines is 1. The molecular formula is C23H35Cl2N5O. The molecule has 8 heteroatoms. The monoisotopic (exact) mass is 467 g/mol. The van der Waals surface area contributed by atoms with Gasteiger partial charge in [-0.3, -0.25) is 4.90 Å². The molecule has 0 bridgehead atoms. The van der Waals surface area contributed by atoms with Crippen molar-refractivity contribution in [2.24, 2.45) is 5.92 Å². The number of nitrogens with one attached hydrogen (secondary N) is 2. The zero-order valence-corrected chi connectivity index (χ0v) is 19.8. The Kier molecular flexibility index (Phi) is 8.21. The highest BCUT2D eigenvalue weighted by atomic mass is 35.5. The zero-order valence-electron chi connectivity index (χ0n) is 18.3. The lowest BCUT2D eigenvalue weighted by Gasteiger charge is -2.38. The molecule has 1 aromatic carbocycles. The van der Waals surface area contributed by atoms with Crippen LogP contribution in [0.2, 0.25) is 10.0 Å². The van der Waals surface area contributed by atoms with Crippen molar-refractivity contribution in [1.82, 2.24) is 20.4 Å². The van der Waals surface area contributed by atoms with Crippen molar-refractivity contribution in [1.29, 1.82) is 0 Å². The normalized spacial score (nSPS) is 25.5. The number of urea groups is 1. The highest BCUT2D eigenvalue weighted by molar-refractivity contribution is 6.43. The lowest BCUT2D eigenvalue weighted by atomic mass is 9.84. The van der Waals surface area contributed by atoms with Gasteiger partial charge >= 0.3 is 6.03 Å². The first kappa shape index (κ1) is 23.0. The first-order valence-corrected chi connectivity index (χ1v) is 12.5. The number of hydrogen-bond donors (Lipinski definition) is 2. The molecule has 3 fully saturated rings. The Hall–Kier alpha value is -1.21. The Morgan fingerprint density at radius 1 is 1.00 bits per heavy atom. The SMILES string of the molecule is O=C(NC1CCC(CCN2CCN(c3cccc(Cl)c3Cl)CC2)CC1)N1CCNCC1. The van der Waals surface area contributed by atoms with E-state index in [0.717, 1.165) is 76.8 Å². The number of halogens is 2. The third-order valence-corrected chi connectivity index (χ3v) is 7.89. The molecular weight excluding hydrogens is 433 g/mol. The molecule has 1 aliphatic carbocycles. The smallest absolute Gasteiger partial charge is 0.317 e. The Morgan fingerprint density at radius 2 is 1.71 bits per heavy atom. The molecule has 0 unspecified atom stereocenters. The van der Waals surface area contributed by atoms with Crippen molar-refractivity contribution in [2.45, 2.75) is 38.1 Å². The van der Waals surface area contributed by atoms with E-state index in [1.807, 2.05) is 17.0 Å². The quantitative estimate of drug-likeness (QED) is 0.693. The van der Waals surface area contributed by atoms with Crippen LogP contribution in [0.1, 0.15) is 32.1 Å². The van der Waals surface area contributed by atoms with Crippen LogP contribution < -0.4 is 15.5 Å². The van der Waals surface area contributed by atoms with Gasteiger partial charge in [0.25, 0.3) is 0 Å². The number of amides is 2. The van der Waals surface area contributed by atoms with E-state index >= 15 is 0 Å². The average Bonchev–Trinajstić information content (AvgIpc) is 2.81. The van der Waals surface area contributed by atoms with Crippen LogP contribution in [-0.4, -0.2) is 80.8 Å². The molecule has 0 radical (unpaired) electrons. The minimum atomic E-state index is 0.127. The molecule has 31 heavy (non-hydrogen) atoms. The molecule has 3 aliphatic rings. The van der Waals surface area contributed by atoms with E-state index in [2.05, 4.69) is 26.5 Å². The molecule has 0 atom stereocenters. The lowest BCUT2D eigenvalue weighted by Crippen LogP contribution is -2.52. The van der Waals surface area contributed by atoms with Gasteiger partial charge in [-0.05, 0) is 56.7 Å². The Morgan fingerprint density at radius 3 is 2.42 bits per heavy atom. The number of carbonyl (C=O) groups is 1. The maximum absolute atomic E-state index is 12.4. The standard InChI is InChI=1S/C23H35Cl2N5O/c24-20-2-1-3-21(22(20)25)29-16-14-28(15-17-29)11-8-18-4-6-19(7-5-18)27-23(31)30-12-9-26-10-13-30/h1-3,18-19,26H,4-17H2,(H,27,31). The molecule has 2 aliphatic heterocycles. The molecule has 2 amide bonds. The highest BCUT2D eigenvalue weighted by Crippen LogP contribution is 2.33. The van der Waals surface area contributed by atoms with Crippen molar-refractivity contribution >= 4 is 34.9 Å². The molecule has 1 aromatic rings. The van der Waals surface area contributed by atoms with Crippen LogP contribution in [0.5, 0.6) is 0 Å². The van der Waals surface area contributed by atoms with Gasteiger partial charge in [0.05, 0.1) is 15.7 Å². The first-order chi connectivity index (χ1) is 15.1. The van der Waals surface area contributed by atoms with Crippen LogP contribution >= 0.6 is 23.2 Å². The molecule has 0 aromatic heterocycles. The molecule has 2 heterocycles. The summed E-state index contributed by atoms with van der Waals surface area (Å²) >= 11 is 12.6. The Bertz CT molecular complexity index is 727. The molecule has 0 spiro atoms. The Balaban J connectivity index is 1.13. The topological polar surface area (TPSA) is 50.9 Å². The van der Waals surface area contributed by atoms with E-state index in [0.29, 0.717) is 16.1 Å². The minimum Gasteiger partial charge on any atom is -0.368 e. The maximum Gasteiger partial charge on any atom is 0.317 e. The van der Waals surface area contributed by atoms with E-state index < -0.39 is 0 Å². The fourth-order valence-electron chi connectivity index (χ4n) is 5.04. The van der Waals surface area contributed by atoms with Crippen molar-refractivity contribution in [3.63, 3.8) is 0 Å². The first-order valence-electron chi connectivity index (χ1n) is 11.8. The average molecular weight is 468 g/mol. The molecule has 172 valence electrons. The van der Waals surface area contributed by atoms with Crippen LogP contribution in [0, 0.1) is 5.92 Å². The number of rotatable bonds is 5. The third-order valence-electron chi connectivity index (χ3n) is 7.08. The number of benzene rings is 1. The summed E-state index contributed by atoms with van der Waals surface area (Å²) in [4.78, 5) is 19.3. The summed E-state index contributed by atoms with van der Waals surface area (Å²) < 4.78 is 0. The maximum atomic E-state index is 12.4. The fourth-order valence-corrected chi connectivity index (χ4v) is 5.46. The summed E-state index contributed by atoms with van der Waals surface area (Å²) in [6.45, 7) is 8.73. The minimum absolute atomic E-state index is 0.127. The van der Waals surface area contributed by atoms with E-state index in [4.69, 9.17) is 23.2 Å². The van der Waals surface area contributed by atoms with E-state index in [-0.39, 0.29) is 6.03 Å². The summed E-state index contributed by atoms with van der Waals surface area (Å²) in [6, 6.07) is 6.35. The largest absolute Gasteiger partial charge is 0.368 e. The van der Waals surface area contributed by atoms with Gasteiger partial charge < -0.3 is 20.4 Å². The lowest BCUT2D eigenvalue weighted by molar-refractivity contribution is 0.175. The molecule has 1 saturated carbocycles. The van der Waals surface area contributed by atoms with E-state index in [1.54, 1.807) is 0 Å². The number of nitrogens with zero attached hydrogens (tertiary/aromatic N) is 3. The second-order valence-corrected chi connectivity index (χ2v) is 9.88. The summed E-state index contributed by atoms with van der Waals surface area (Å²) in [6.07, 6.45) is 5.94. The van der Waals surface area contributed by atoms with Crippen LogP contribution in [0.4, 0.5) is 10.5 Å². The van der Waals surface area contributed by atoms with Gasteiger partial charge in [0.2, 0.25) is 0 Å². The van der Waals surface area contributed by atoms with Gasteiger partial charge in [-0.15, -0.1) is 0 Å². The van der Waals surface area contributed by atoms with E-state index in [9.17, 15) is 4.79 Å². The second kappa shape index (κ2) is 11.1. The van der Waals surface area contributed by atoms with Gasteiger partial charge in [0.1, 0.15) is 0 Å². The number of carbonyl (C=O) groups excluding carboxylic acids is 1. The van der Waals surface area contributed by atoms with Crippen molar-refractivity contribution in [3.05, 3.63) is 28.2 Å². The van der Waals surface area contributed by atoms with E-state index in [1.165, 1.54) is 25.8 Å². The van der Waals surface area contributed by atoms with Crippen LogP contribution in [-0.2, 0) is 0 Å². The van der Waals surface area contributed by atoms with Crippen molar-refractivity contribution in [3.8, 4) is 0 Å². The van der Waals surface area contributed by atoms with Gasteiger partial charge in [-0.2, -0.15) is 0 Å². The van der Waals surface area contributed by atoms with Gasteiger partial charge in [-0.1, -0.05) is 29.3 Å². The van der Waals surface area contributed by atoms with Crippen molar-refractivity contribution < 1.29 is 4.79 Å². The second-order valence-electron chi connectivity index (χ2n) is 9.09. The summed E-state index contributed by atoms with van der Waals surface area (Å²) in [5.41, 5.74) is 1.05. The molecule has 2 N–H and O–H groups in total. The van der Waals surface area contributed by atoms with Gasteiger partial charge in [-0.25, -0.2) is 4.79 Å². The molecule has 6 nitrogen and oxygen atoms in total. The number of hydrogen-bond acceptors (Lipinski definition) is 4. The van der Waals surface area contributed by atoms with Gasteiger partial charge in [0, 0.05) is 58.4 Å². The van der Waals surface area contributed by atoms with Crippen LogP contribution in [0.3, 0.4) is 0 Å². The van der Waals surface area contributed by atoms with Crippen LogP contribution in [0.15, 0.2) is 18.2 Å². The molecule has 2 saturated heterocycles. The molecule has 4 rings (SSSR count). The third kappa shape index (κ3) is 6.19. The summed E-state index contributed by atoms with van der Waals surface area (Å²) in [5.74, 6) is 0.785. The zero-order chi connectivity index (χ0) is 21.6. The predicted molar refractivity (Wildman–Crippen MR) is 128 cm³/mol. The number of piperazine rings is 2. The van der Waals surface area contributed by atoms with Crippen LogP contribution in [0.25, 0.3) is 0 Å². The summed E-state index contributed by atoms with van der Waals surface area (Å²) in [7, 11) is 0. The summed E-state index contributed by atoms with van der Waals surface area (Å²) in [5, 5.41) is 7.85.